The highest BCUT2D eigenvalue weighted by Gasteiger charge is 2.16. The summed E-state index contributed by atoms with van der Waals surface area (Å²) in [6.45, 7) is 9.27. The van der Waals surface area contributed by atoms with E-state index < -0.39 is 0 Å². The van der Waals surface area contributed by atoms with Gasteiger partial charge in [0.05, 0.1) is 6.10 Å². The molecule has 1 aliphatic rings. The van der Waals surface area contributed by atoms with Crippen molar-refractivity contribution >= 4 is 17.5 Å². The molecule has 0 aromatic carbocycles. The SMILES string of the molecule is CC(CN1CCCC1)Nc1nc(Cl)nc(OC(C)C)n1. The minimum Gasteiger partial charge on any atom is -0.461 e. The molecule has 1 fully saturated rings. The minimum atomic E-state index is 0.00309. The van der Waals surface area contributed by atoms with Gasteiger partial charge in [-0.1, -0.05) is 0 Å². The second-order valence-electron chi connectivity index (χ2n) is 5.43. The average molecular weight is 300 g/mol. The molecule has 0 saturated carbocycles. The highest BCUT2D eigenvalue weighted by atomic mass is 35.5. The third-order valence-corrected chi connectivity index (χ3v) is 3.20. The van der Waals surface area contributed by atoms with Crippen LogP contribution in [0.1, 0.15) is 33.6 Å². The lowest BCUT2D eigenvalue weighted by molar-refractivity contribution is 0.221. The van der Waals surface area contributed by atoms with Crippen LogP contribution in [-0.2, 0) is 0 Å². The van der Waals surface area contributed by atoms with E-state index in [4.69, 9.17) is 16.3 Å². The van der Waals surface area contributed by atoms with Gasteiger partial charge in [0.2, 0.25) is 11.2 Å². The Morgan fingerprint density at radius 1 is 1.20 bits per heavy atom. The van der Waals surface area contributed by atoms with E-state index in [1.165, 1.54) is 25.9 Å². The Morgan fingerprint density at radius 3 is 2.55 bits per heavy atom. The zero-order valence-corrected chi connectivity index (χ0v) is 13.0. The number of halogens is 1. The molecule has 1 aromatic heterocycles. The summed E-state index contributed by atoms with van der Waals surface area (Å²) in [5.74, 6) is 0.465. The van der Waals surface area contributed by atoms with Crippen LogP contribution in [0.5, 0.6) is 6.01 Å². The molecule has 0 spiro atoms. The molecule has 0 bridgehead atoms. The maximum Gasteiger partial charge on any atom is 0.322 e. The molecule has 6 nitrogen and oxygen atoms in total. The maximum atomic E-state index is 5.89. The molecule has 112 valence electrons. The normalized spacial score (nSPS) is 17.4. The van der Waals surface area contributed by atoms with E-state index in [0.717, 1.165) is 6.54 Å². The minimum absolute atomic E-state index is 0.00309. The number of hydrogen-bond donors (Lipinski definition) is 1. The average Bonchev–Trinajstić information content (AvgIpc) is 2.79. The van der Waals surface area contributed by atoms with Crippen LogP contribution in [0.25, 0.3) is 0 Å². The Kier molecular flexibility index (Phi) is 5.37. The van der Waals surface area contributed by atoms with E-state index in [-0.39, 0.29) is 23.4 Å². The molecule has 7 heteroatoms. The Hall–Kier alpha value is -1.14. The van der Waals surface area contributed by atoms with Gasteiger partial charge in [-0.2, -0.15) is 15.0 Å². The Balaban J connectivity index is 1.95. The predicted molar refractivity (Wildman–Crippen MR) is 79.4 cm³/mol. The van der Waals surface area contributed by atoms with Crippen molar-refractivity contribution in [3.8, 4) is 6.01 Å². The molecule has 1 aliphatic heterocycles. The number of likely N-dealkylation sites (tertiary alicyclic amines) is 1. The maximum absolute atomic E-state index is 5.89. The van der Waals surface area contributed by atoms with E-state index in [2.05, 4.69) is 32.1 Å². The van der Waals surface area contributed by atoms with Crippen LogP contribution < -0.4 is 10.1 Å². The van der Waals surface area contributed by atoms with Crippen LogP contribution >= 0.6 is 11.6 Å². The summed E-state index contributed by atoms with van der Waals surface area (Å²) in [4.78, 5) is 14.7. The molecular weight excluding hydrogens is 278 g/mol. The number of nitrogens with one attached hydrogen (secondary N) is 1. The summed E-state index contributed by atoms with van der Waals surface area (Å²) < 4.78 is 5.45. The molecule has 2 rings (SSSR count). The molecular formula is C13H22ClN5O. The zero-order chi connectivity index (χ0) is 14.5. The number of rotatable bonds is 6. The van der Waals surface area contributed by atoms with Gasteiger partial charge in [-0.05, 0) is 58.3 Å². The summed E-state index contributed by atoms with van der Waals surface area (Å²) in [5.41, 5.74) is 0. The summed E-state index contributed by atoms with van der Waals surface area (Å²) in [7, 11) is 0. The largest absolute Gasteiger partial charge is 0.461 e. The summed E-state index contributed by atoms with van der Waals surface area (Å²) in [5, 5.41) is 3.40. The monoisotopic (exact) mass is 299 g/mol. The second-order valence-corrected chi connectivity index (χ2v) is 5.77. The van der Waals surface area contributed by atoms with Crippen molar-refractivity contribution < 1.29 is 4.74 Å². The van der Waals surface area contributed by atoms with Crippen molar-refractivity contribution in [2.45, 2.75) is 45.8 Å². The first-order valence-electron chi connectivity index (χ1n) is 7.10. The summed E-state index contributed by atoms with van der Waals surface area (Å²) in [6.07, 6.45) is 2.58. The van der Waals surface area contributed by atoms with E-state index in [1.807, 2.05) is 13.8 Å². The number of nitrogens with zero attached hydrogens (tertiary/aromatic N) is 4. The van der Waals surface area contributed by atoms with Gasteiger partial charge in [0.25, 0.3) is 0 Å². The smallest absolute Gasteiger partial charge is 0.322 e. The van der Waals surface area contributed by atoms with Crippen molar-refractivity contribution in [1.82, 2.24) is 19.9 Å². The topological polar surface area (TPSA) is 63.2 Å². The van der Waals surface area contributed by atoms with Gasteiger partial charge in [0.15, 0.2) is 0 Å². The second kappa shape index (κ2) is 7.04. The number of hydrogen-bond acceptors (Lipinski definition) is 6. The fourth-order valence-corrected chi connectivity index (χ4v) is 2.43. The van der Waals surface area contributed by atoms with E-state index in [1.54, 1.807) is 0 Å². The van der Waals surface area contributed by atoms with Crippen LogP contribution in [0.15, 0.2) is 0 Å². The fourth-order valence-electron chi connectivity index (χ4n) is 2.28. The zero-order valence-electron chi connectivity index (χ0n) is 12.3. The standard InChI is InChI=1S/C13H22ClN5O/c1-9(2)20-13-17-11(14)16-12(18-13)15-10(3)8-19-6-4-5-7-19/h9-10H,4-8H2,1-3H3,(H,15,16,17,18). The first-order chi connectivity index (χ1) is 9.52. The van der Waals surface area contributed by atoms with E-state index >= 15 is 0 Å². The number of ether oxygens (including phenoxy) is 1. The van der Waals surface area contributed by atoms with Gasteiger partial charge < -0.3 is 15.0 Å². The lowest BCUT2D eigenvalue weighted by Crippen LogP contribution is -2.33. The van der Waals surface area contributed by atoms with Gasteiger partial charge in [-0.25, -0.2) is 0 Å². The summed E-state index contributed by atoms with van der Waals surface area (Å²) >= 11 is 5.89. The third-order valence-electron chi connectivity index (χ3n) is 3.03. The van der Waals surface area contributed by atoms with Gasteiger partial charge in [0.1, 0.15) is 0 Å². The fraction of sp³-hybridized carbons (Fsp3) is 0.769. The van der Waals surface area contributed by atoms with Gasteiger partial charge in [-0.3, -0.25) is 0 Å². The lowest BCUT2D eigenvalue weighted by Gasteiger charge is -2.21. The first kappa shape index (κ1) is 15.3. The van der Waals surface area contributed by atoms with Crippen molar-refractivity contribution in [3.63, 3.8) is 0 Å². The molecule has 1 unspecified atom stereocenters. The molecule has 0 aliphatic carbocycles. The van der Waals surface area contributed by atoms with Gasteiger partial charge in [0, 0.05) is 12.6 Å². The highest BCUT2D eigenvalue weighted by Crippen LogP contribution is 2.14. The molecule has 1 saturated heterocycles. The van der Waals surface area contributed by atoms with Crippen molar-refractivity contribution in [2.24, 2.45) is 0 Å². The van der Waals surface area contributed by atoms with E-state index in [0.29, 0.717) is 5.95 Å². The molecule has 0 radical (unpaired) electrons. The molecule has 2 heterocycles. The van der Waals surface area contributed by atoms with Crippen LogP contribution in [0.2, 0.25) is 5.28 Å². The van der Waals surface area contributed by atoms with E-state index in [9.17, 15) is 0 Å². The van der Waals surface area contributed by atoms with Crippen LogP contribution in [0, 0.1) is 0 Å². The molecule has 0 amide bonds. The summed E-state index contributed by atoms with van der Waals surface area (Å²) in [6, 6.07) is 0.509. The van der Waals surface area contributed by atoms with Gasteiger partial charge in [-0.15, -0.1) is 0 Å². The quantitative estimate of drug-likeness (QED) is 0.869. The predicted octanol–water partition coefficient (Wildman–Crippen LogP) is 2.21. The van der Waals surface area contributed by atoms with Crippen LogP contribution in [0.4, 0.5) is 5.95 Å². The number of anilines is 1. The van der Waals surface area contributed by atoms with Crippen molar-refractivity contribution in [3.05, 3.63) is 5.28 Å². The van der Waals surface area contributed by atoms with Gasteiger partial charge >= 0.3 is 6.01 Å². The van der Waals surface area contributed by atoms with Crippen LogP contribution in [-0.4, -0.2) is 51.6 Å². The Bertz CT molecular complexity index is 437. The Morgan fingerprint density at radius 2 is 1.90 bits per heavy atom. The molecule has 20 heavy (non-hydrogen) atoms. The Labute approximate surface area is 124 Å². The molecule has 1 atom stereocenters. The molecule has 1 aromatic rings. The number of aromatic nitrogens is 3. The third kappa shape index (κ3) is 4.76. The van der Waals surface area contributed by atoms with Crippen molar-refractivity contribution in [2.75, 3.05) is 25.0 Å². The molecule has 1 N–H and O–H groups in total. The first-order valence-corrected chi connectivity index (χ1v) is 7.48. The van der Waals surface area contributed by atoms with Crippen LogP contribution in [0.3, 0.4) is 0 Å². The van der Waals surface area contributed by atoms with Crippen molar-refractivity contribution in [1.29, 1.82) is 0 Å². The lowest BCUT2D eigenvalue weighted by atomic mass is 10.3. The highest BCUT2D eigenvalue weighted by molar-refractivity contribution is 6.28.